The zero-order valence-electron chi connectivity index (χ0n) is 18.9. The summed E-state index contributed by atoms with van der Waals surface area (Å²) in [4.78, 5) is 33.8. The molecule has 0 unspecified atom stereocenters. The van der Waals surface area contributed by atoms with Gasteiger partial charge in [0.25, 0.3) is 5.56 Å². The number of hydrogen-bond acceptors (Lipinski definition) is 4. The van der Waals surface area contributed by atoms with Gasteiger partial charge in [0.1, 0.15) is 11.6 Å². The molecule has 0 fully saturated rings. The minimum atomic E-state index is -0.409. The molecule has 0 N–H and O–H groups in total. The Morgan fingerprint density at radius 2 is 1.73 bits per heavy atom. The Morgan fingerprint density at radius 1 is 0.970 bits per heavy atom. The largest absolute Gasteiger partial charge is 0.497 e. The van der Waals surface area contributed by atoms with Crippen molar-refractivity contribution in [2.45, 2.75) is 32.2 Å². The van der Waals surface area contributed by atoms with Crippen LogP contribution < -0.4 is 15.2 Å². The second kappa shape index (κ2) is 8.20. The molecule has 1 atom stereocenters. The van der Waals surface area contributed by atoms with Gasteiger partial charge in [-0.3, -0.25) is 14.2 Å². The predicted molar refractivity (Wildman–Crippen MR) is 129 cm³/mol. The molecule has 1 aromatic heterocycles. The zero-order valence-corrected chi connectivity index (χ0v) is 18.9. The monoisotopic (exact) mass is 439 g/mol. The van der Waals surface area contributed by atoms with Gasteiger partial charge < -0.3 is 9.64 Å². The van der Waals surface area contributed by atoms with Gasteiger partial charge >= 0.3 is 0 Å². The van der Waals surface area contributed by atoms with Crippen LogP contribution in [0.2, 0.25) is 0 Å². The van der Waals surface area contributed by atoms with Gasteiger partial charge in [-0.05, 0) is 49.7 Å². The molecule has 1 aliphatic rings. The summed E-state index contributed by atoms with van der Waals surface area (Å²) in [5.74, 6) is 0.816. The summed E-state index contributed by atoms with van der Waals surface area (Å²) < 4.78 is 6.99. The first-order chi connectivity index (χ1) is 16.0. The van der Waals surface area contributed by atoms with Crippen molar-refractivity contribution in [3.05, 3.63) is 94.5 Å². The summed E-state index contributed by atoms with van der Waals surface area (Å²) >= 11 is 0. The average Bonchev–Trinajstić information content (AvgIpc) is 3.10. The molecule has 3 aromatic carbocycles. The summed E-state index contributed by atoms with van der Waals surface area (Å²) in [5.41, 5.74) is 3.01. The number of aromatic nitrogens is 2. The molecule has 4 aromatic rings. The van der Waals surface area contributed by atoms with E-state index >= 15 is 0 Å². The number of anilines is 1. The third kappa shape index (κ3) is 3.48. The molecule has 1 aliphatic heterocycles. The summed E-state index contributed by atoms with van der Waals surface area (Å²) in [6, 6.07) is 22.6. The fraction of sp³-hybridized carbons (Fsp3) is 0.222. The van der Waals surface area contributed by atoms with Crippen molar-refractivity contribution < 1.29 is 9.53 Å². The molecule has 6 nitrogen and oxygen atoms in total. The molecule has 0 aliphatic carbocycles. The molecule has 1 amide bonds. The summed E-state index contributed by atoms with van der Waals surface area (Å²) in [6.07, 6.45) is 0.316. The standard InChI is InChI=1S/C27H25N3O3/c1-17(2)29-24-14-7-5-11-20(24)22(27(29)32)16-25-28-23-13-6-4-12-21(23)26(31)30(25)18-9-8-10-19(15-18)33-3/h4-15,17,22H,16H2,1-3H3/t22-/m1/s1. The van der Waals surface area contributed by atoms with Crippen molar-refractivity contribution in [1.29, 1.82) is 0 Å². The number of carbonyl (C=O) groups excluding carboxylic acids is 1. The molecule has 0 saturated heterocycles. The molecular weight excluding hydrogens is 414 g/mol. The number of para-hydroxylation sites is 2. The van der Waals surface area contributed by atoms with Crippen LogP contribution in [0.15, 0.2) is 77.6 Å². The molecule has 6 heteroatoms. The van der Waals surface area contributed by atoms with Crippen LogP contribution in [-0.4, -0.2) is 28.6 Å². The van der Waals surface area contributed by atoms with E-state index in [1.54, 1.807) is 17.7 Å². The van der Waals surface area contributed by atoms with Crippen LogP contribution in [0, 0.1) is 0 Å². The molecular formula is C27H25N3O3. The minimum absolute atomic E-state index is 0.0331. The van der Waals surface area contributed by atoms with Gasteiger partial charge in [0.05, 0.1) is 29.6 Å². The lowest BCUT2D eigenvalue weighted by molar-refractivity contribution is -0.119. The fourth-order valence-corrected chi connectivity index (χ4v) is 4.67. The van der Waals surface area contributed by atoms with Gasteiger partial charge in [0, 0.05) is 24.2 Å². The van der Waals surface area contributed by atoms with Crippen molar-refractivity contribution in [1.82, 2.24) is 9.55 Å². The maximum Gasteiger partial charge on any atom is 0.265 e. The topological polar surface area (TPSA) is 64.4 Å². The van der Waals surface area contributed by atoms with E-state index in [-0.39, 0.29) is 17.5 Å². The lowest BCUT2D eigenvalue weighted by Gasteiger charge is -2.22. The summed E-state index contributed by atoms with van der Waals surface area (Å²) in [5, 5.41) is 0.533. The third-order valence-corrected chi connectivity index (χ3v) is 6.17. The van der Waals surface area contributed by atoms with Gasteiger partial charge in [-0.1, -0.05) is 36.4 Å². The quantitative estimate of drug-likeness (QED) is 0.460. The van der Waals surface area contributed by atoms with Gasteiger partial charge in [-0.15, -0.1) is 0 Å². The Balaban J connectivity index is 1.70. The van der Waals surface area contributed by atoms with Crippen molar-refractivity contribution in [2.75, 3.05) is 12.0 Å². The van der Waals surface area contributed by atoms with Crippen LogP contribution in [0.25, 0.3) is 16.6 Å². The first-order valence-corrected chi connectivity index (χ1v) is 11.1. The van der Waals surface area contributed by atoms with E-state index in [0.29, 0.717) is 34.6 Å². The van der Waals surface area contributed by atoms with Crippen molar-refractivity contribution in [3.63, 3.8) is 0 Å². The molecule has 2 heterocycles. The van der Waals surface area contributed by atoms with Gasteiger partial charge in [-0.2, -0.15) is 0 Å². The van der Waals surface area contributed by atoms with Gasteiger partial charge in [0.15, 0.2) is 0 Å². The average molecular weight is 440 g/mol. The number of rotatable bonds is 5. The van der Waals surface area contributed by atoms with Crippen LogP contribution in [-0.2, 0) is 11.2 Å². The Hall–Kier alpha value is -3.93. The van der Waals surface area contributed by atoms with E-state index in [1.165, 1.54) is 0 Å². The van der Waals surface area contributed by atoms with Gasteiger partial charge in [-0.25, -0.2) is 4.98 Å². The molecule has 33 heavy (non-hydrogen) atoms. The zero-order chi connectivity index (χ0) is 23.1. The molecule has 5 rings (SSSR count). The number of hydrogen-bond donors (Lipinski definition) is 0. The Morgan fingerprint density at radius 3 is 2.52 bits per heavy atom. The third-order valence-electron chi connectivity index (χ3n) is 6.17. The van der Waals surface area contributed by atoms with E-state index in [0.717, 1.165) is 11.3 Å². The fourth-order valence-electron chi connectivity index (χ4n) is 4.67. The molecule has 0 bridgehead atoms. The van der Waals surface area contributed by atoms with E-state index in [4.69, 9.17) is 9.72 Å². The highest BCUT2D eigenvalue weighted by atomic mass is 16.5. The van der Waals surface area contributed by atoms with Gasteiger partial charge in [0.2, 0.25) is 5.91 Å². The molecule has 0 spiro atoms. The smallest absolute Gasteiger partial charge is 0.265 e. The van der Waals surface area contributed by atoms with E-state index in [2.05, 4.69) is 0 Å². The van der Waals surface area contributed by atoms with E-state index in [1.807, 2.05) is 85.5 Å². The predicted octanol–water partition coefficient (Wildman–Crippen LogP) is 4.48. The lowest BCUT2D eigenvalue weighted by atomic mass is 9.96. The summed E-state index contributed by atoms with van der Waals surface area (Å²) in [7, 11) is 1.59. The first-order valence-electron chi connectivity index (χ1n) is 11.1. The maximum absolute atomic E-state index is 13.6. The van der Waals surface area contributed by atoms with Crippen LogP contribution in [0.1, 0.15) is 31.2 Å². The van der Waals surface area contributed by atoms with Crippen molar-refractivity contribution in [2.24, 2.45) is 0 Å². The number of carbonyl (C=O) groups is 1. The highest BCUT2D eigenvalue weighted by molar-refractivity contribution is 6.05. The number of nitrogens with zero attached hydrogens (tertiary/aromatic N) is 3. The van der Waals surface area contributed by atoms with Crippen LogP contribution in [0.3, 0.4) is 0 Å². The Kier molecular flexibility index (Phi) is 5.21. The normalized spacial score (nSPS) is 15.3. The highest BCUT2D eigenvalue weighted by Crippen LogP contribution is 2.40. The molecule has 0 radical (unpaired) electrons. The summed E-state index contributed by atoms with van der Waals surface area (Å²) in [6.45, 7) is 4.02. The molecule has 0 saturated carbocycles. The number of fused-ring (bicyclic) bond motifs is 2. The van der Waals surface area contributed by atoms with Crippen molar-refractivity contribution >= 4 is 22.5 Å². The van der Waals surface area contributed by atoms with Crippen LogP contribution in [0.4, 0.5) is 5.69 Å². The van der Waals surface area contributed by atoms with E-state index < -0.39 is 5.92 Å². The SMILES string of the molecule is COc1cccc(-n2c(C[C@H]3C(=O)N(C(C)C)c4ccccc43)nc3ccccc3c2=O)c1. The number of methoxy groups -OCH3 is 1. The number of ether oxygens (including phenoxy) is 1. The minimum Gasteiger partial charge on any atom is -0.497 e. The second-order valence-corrected chi connectivity index (χ2v) is 8.50. The Labute approximate surface area is 192 Å². The number of benzene rings is 3. The van der Waals surface area contributed by atoms with Crippen molar-refractivity contribution in [3.8, 4) is 11.4 Å². The maximum atomic E-state index is 13.6. The molecule has 166 valence electrons. The highest BCUT2D eigenvalue weighted by Gasteiger charge is 2.39. The van der Waals surface area contributed by atoms with Crippen LogP contribution >= 0.6 is 0 Å². The van der Waals surface area contributed by atoms with E-state index in [9.17, 15) is 9.59 Å². The first kappa shape index (κ1) is 20.9. The number of amides is 1. The second-order valence-electron chi connectivity index (χ2n) is 8.50. The lowest BCUT2D eigenvalue weighted by Crippen LogP contribution is -2.36. The van der Waals surface area contributed by atoms with Crippen LogP contribution in [0.5, 0.6) is 5.75 Å². The Bertz CT molecular complexity index is 1420.